The van der Waals surface area contributed by atoms with E-state index in [1.54, 1.807) is 18.2 Å². The summed E-state index contributed by atoms with van der Waals surface area (Å²) in [6.45, 7) is 0.590. The molecule has 3 nitrogen and oxygen atoms in total. The molecule has 0 aromatic heterocycles. The second kappa shape index (κ2) is 8.18. The molecule has 2 rings (SSSR count). The molecule has 0 bridgehead atoms. The third kappa shape index (κ3) is 5.02. The van der Waals surface area contributed by atoms with Crippen molar-refractivity contribution in [1.82, 2.24) is 5.32 Å². The molecule has 0 fully saturated rings. The Hall–Kier alpha value is -1.55. The number of nitrogens with one attached hydrogen (secondary N) is 1. The lowest BCUT2D eigenvalue weighted by Gasteiger charge is -2.07. The second-order valence-corrected chi connectivity index (χ2v) is 5.83. The third-order valence-electron chi connectivity index (χ3n) is 3.30. The molecule has 5 heteroatoms. The van der Waals surface area contributed by atoms with Gasteiger partial charge in [0, 0.05) is 16.6 Å². The summed E-state index contributed by atoms with van der Waals surface area (Å²) in [6.07, 6.45) is 0.948. The molecule has 2 aromatic rings. The van der Waals surface area contributed by atoms with Crippen LogP contribution in [0.25, 0.3) is 0 Å². The first-order chi connectivity index (χ1) is 10.6. The molecule has 0 radical (unpaired) electrons. The summed E-state index contributed by atoms with van der Waals surface area (Å²) in [6, 6.07) is 12.7. The van der Waals surface area contributed by atoms with Crippen LogP contribution in [0.4, 0.5) is 0 Å². The fraction of sp³-hybridized carbons (Fsp3) is 0.235. The quantitative estimate of drug-likeness (QED) is 0.848. The van der Waals surface area contributed by atoms with Gasteiger partial charge in [-0.1, -0.05) is 47.5 Å². The Morgan fingerprint density at radius 3 is 2.41 bits per heavy atom. The maximum atomic E-state index is 11.9. The molecule has 0 atom stereocenters. The summed E-state index contributed by atoms with van der Waals surface area (Å²) in [4.78, 5) is 11.9. The highest BCUT2D eigenvalue weighted by Gasteiger charge is 2.07. The highest BCUT2D eigenvalue weighted by atomic mass is 35.5. The maximum Gasteiger partial charge on any atom is 0.224 e. The van der Waals surface area contributed by atoms with Crippen molar-refractivity contribution in [1.29, 1.82) is 0 Å². The highest BCUT2D eigenvalue weighted by molar-refractivity contribution is 6.33. The second-order valence-electron chi connectivity index (χ2n) is 4.99. The van der Waals surface area contributed by atoms with Gasteiger partial charge in [-0.2, -0.15) is 0 Å². The fourth-order valence-corrected chi connectivity index (χ4v) is 2.45. The van der Waals surface area contributed by atoms with Crippen LogP contribution in [0.15, 0.2) is 42.5 Å². The van der Waals surface area contributed by atoms with Gasteiger partial charge >= 0.3 is 0 Å². The largest absolute Gasteiger partial charge is 0.392 e. The average molecular weight is 338 g/mol. The van der Waals surface area contributed by atoms with Crippen LogP contribution >= 0.6 is 23.2 Å². The third-order valence-corrected chi connectivity index (χ3v) is 3.90. The van der Waals surface area contributed by atoms with Crippen LogP contribution in [-0.4, -0.2) is 17.6 Å². The number of rotatable bonds is 6. The van der Waals surface area contributed by atoms with E-state index >= 15 is 0 Å². The van der Waals surface area contributed by atoms with Crippen LogP contribution in [0, 0.1) is 0 Å². The van der Waals surface area contributed by atoms with Crippen LogP contribution < -0.4 is 5.32 Å². The number of hydrogen-bond acceptors (Lipinski definition) is 2. The standard InChI is InChI=1S/C17H17Cl2NO2/c18-15-5-6-16(19)14(9-15)10-17(22)20-8-7-12-1-3-13(11-21)4-2-12/h1-6,9,21H,7-8,10-11H2,(H,20,22). The van der Waals surface area contributed by atoms with Crippen molar-refractivity contribution in [3.63, 3.8) is 0 Å². The molecule has 22 heavy (non-hydrogen) atoms. The number of carbonyl (C=O) groups excluding carboxylic acids is 1. The number of aliphatic hydroxyl groups excluding tert-OH is 1. The van der Waals surface area contributed by atoms with Crippen molar-refractivity contribution in [3.05, 3.63) is 69.2 Å². The Labute approximate surface area is 139 Å². The molecule has 0 unspecified atom stereocenters. The molecular formula is C17H17Cl2NO2. The van der Waals surface area contributed by atoms with E-state index in [0.29, 0.717) is 16.6 Å². The minimum absolute atomic E-state index is 0.0391. The molecule has 0 saturated heterocycles. The first-order valence-electron chi connectivity index (χ1n) is 6.98. The van der Waals surface area contributed by atoms with Crippen LogP contribution in [0.5, 0.6) is 0 Å². The SMILES string of the molecule is O=C(Cc1cc(Cl)ccc1Cl)NCCc1ccc(CO)cc1. The molecule has 0 heterocycles. The maximum absolute atomic E-state index is 11.9. The van der Waals surface area contributed by atoms with Crippen LogP contribution in [0.2, 0.25) is 10.0 Å². The molecule has 116 valence electrons. The smallest absolute Gasteiger partial charge is 0.224 e. The monoisotopic (exact) mass is 337 g/mol. The predicted molar refractivity (Wildman–Crippen MR) is 89.2 cm³/mol. The molecule has 0 spiro atoms. The van der Waals surface area contributed by atoms with Gasteiger partial charge in [-0.3, -0.25) is 4.79 Å². The number of aliphatic hydroxyl groups is 1. The van der Waals surface area contributed by atoms with Crippen molar-refractivity contribution in [3.8, 4) is 0 Å². The Kier molecular flexibility index (Phi) is 6.25. The van der Waals surface area contributed by atoms with E-state index in [4.69, 9.17) is 28.3 Å². The number of carbonyl (C=O) groups is 1. The molecule has 0 aliphatic carbocycles. The zero-order valence-electron chi connectivity index (χ0n) is 12.0. The number of benzene rings is 2. The lowest BCUT2D eigenvalue weighted by atomic mass is 10.1. The molecular weight excluding hydrogens is 321 g/mol. The van der Waals surface area contributed by atoms with Gasteiger partial charge in [-0.05, 0) is 41.3 Å². The van der Waals surface area contributed by atoms with Crippen molar-refractivity contribution in [2.24, 2.45) is 0 Å². The molecule has 1 amide bonds. The summed E-state index contributed by atoms with van der Waals surface area (Å²) in [5.41, 5.74) is 2.71. The summed E-state index contributed by atoms with van der Waals surface area (Å²) in [7, 11) is 0. The number of halogens is 2. The van der Waals surface area contributed by atoms with Gasteiger partial charge in [-0.15, -0.1) is 0 Å². The van der Waals surface area contributed by atoms with E-state index in [9.17, 15) is 4.79 Å². The highest BCUT2D eigenvalue weighted by Crippen LogP contribution is 2.20. The Morgan fingerprint density at radius 1 is 1.05 bits per heavy atom. The van der Waals surface area contributed by atoms with Gasteiger partial charge in [0.2, 0.25) is 5.91 Å². The van der Waals surface area contributed by atoms with Crippen molar-refractivity contribution in [2.45, 2.75) is 19.4 Å². The normalized spacial score (nSPS) is 10.5. The van der Waals surface area contributed by atoms with Gasteiger partial charge in [-0.25, -0.2) is 0 Å². The minimum atomic E-state index is -0.0869. The minimum Gasteiger partial charge on any atom is -0.392 e. The van der Waals surface area contributed by atoms with E-state index in [0.717, 1.165) is 23.1 Å². The topological polar surface area (TPSA) is 49.3 Å². The Morgan fingerprint density at radius 2 is 1.73 bits per heavy atom. The lowest BCUT2D eigenvalue weighted by Crippen LogP contribution is -2.27. The first-order valence-corrected chi connectivity index (χ1v) is 7.73. The molecule has 0 aliphatic rings. The molecule has 0 saturated carbocycles. The first kappa shape index (κ1) is 16.8. The van der Waals surface area contributed by atoms with Gasteiger partial charge < -0.3 is 10.4 Å². The van der Waals surface area contributed by atoms with Crippen LogP contribution in [0.3, 0.4) is 0 Å². The Bertz CT molecular complexity index is 642. The van der Waals surface area contributed by atoms with E-state index in [-0.39, 0.29) is 18.9 Å². The molecule has 0 aliphatic heterocycles. The predicted octanol–water partition coefficient (Wildman–Crippen LogP) is 3.39. The zero-order valence-corrected chi connectivity index (χ0v) is 13.5. The molecule has 2 aromatic carbocycles. The Balaban J connectivity index is 1.81. The van der Waals surface area contributed by atoms with Crippen LogP contribution in [-0.2, 0) is 24.2 Å². The van der Waals surface area contributed by atoms with E-state index in [1.807, 2.05) is 24.3 Å². The van der Waals surface area contributed by atoms with Crippen LogP contribution in [0.1, 0.15) is 16.7 Å². The van der Waals surface area contributed by atoms with Crippen molar-refractivity contribution < 1.29 is 9.90 Å². The summed E-state index contributed by atoms with van der Waals surface area (Å²) < 4.78 is 0. The summed E-state index contributed by atoms with van der Waals surface area (Å²) >= 11 is 11.9. The summed E-state index contributed by atoms with van der Waals surface area (Å²) in [5, 5.41) is 13.0. The van der Waals surface area contributed by atoms with E-state index in [2.05, 4.69) is 5.32 Å². The van der Waals surface area contributed by atoms with Gasteiger partial charge in [0.05, 0.1) is 13.0 Å². The van der Waals surface area contributed by atoms with Gasteiger partial charge in [0.1, 0.15) is 0 Å². The number of amides is 1. The van der Waals surface area contributed by atoms with Crippen molar-refractivity contribution >= 4 is 29.1 Å². The van der Waals surface area contributed by atoms with Gasteiger partial charge in [0.15, 0.2) is 0 Å². The van der Waals surface area contributed by atoms with E-state index in [1.165, 1.54) is 0 Å². The fourth-order valence-electron chi connectivity index (χ4n) is 2.07. The van der Waals surface area contributed by atoms with Crippen molar-refractivity contribution in [2.75, 3.05) is 6.54 Å². The number of hydrogen-bond donors (Lipinski definition) is 2. The lowest BCUT2D eigenvalue weighted by molar-refractivity contribution is -0.120. The molecule has 2 N–H and O–H groups in total. The van der Waals surface area contributed by atoms with Gasteiger partial charge in [0.25, 0.3) is 0 Å². The summed E-state index contributed by atoms with van der Waals surface area (Å²) in [5.74, 6) is -0.0869. The average Bonchev–Trinajstić information content (AvgIpc) is 2.51. The van der Waals surface area contributed by atoms with E-state index < -0.39 is 0 Å². The zero-order chi connectivity index (χ0) is 15.9.